The maximum Gasteiger partial charge on any atom is 0.288 e. The molecule has 19 heavy (non-hydrogen) atoms. The van der Waals surface area contributed by atoms with Gasteiger partial charge in [0.25, 0.3) is 11.6 Å². The van der Waals surface area contributed by atoms with Crippen LogP contribution in [0.4, 0.5) is 11.5 Å². The molecule has 0 bridgehead atoms. The molecule has 8 nitrogen and oxygen atoms in total. The molecule has 0 spiro atoms. The van der Waals surface area contributed by atoms with E-state index >= 15 is 0 Å². The summed E-state index contributed by atoms with van der Waals surface area (Å²) in [4.78, 5) is 25.7. The van der Waals surface area contributed by atoms with Crippen LogP contribution in [0.3, 0.4) is 0 Å². The van der Waals surface area contributed by atoms with Gasteiger partial charge >= 0.3 is 0 Å². The van der Waals surface area contributed by atoms with Crippen molar-refractivity contribution in [1.82, 2.24) is 10.3 Å². The maximum atomic E-state index is 12.0. The fourth-order valence-corrected chi connectivity index (χ4v) is 1.86. The lowest BCUT2D eigenvalue weighted by Gasteiger charge is -2.23. The highest BCUT2D eigenvalue weighted by Crippen LogP contribution is 2.17. The maximum absolute atomic E-state index is 12.0. The van der Waals surface area contributed by atoms with Gasteiger partial charge in [-0.2, -0.15) is 0 Å². The number of hydrogen-bond acceptors (Lipinski definition) is 6. The fourth-order valence-electron chi connectivity index (χ4n) is 1.86. The molecule has 8 heteroatoms. The number of amides is 1. The fraction of sp³-hybridized carbons (Fsp3) is 0.455. The van der Waals surface area contributed by atoms with E-state index in [0.717, 1.165) is 25.1 Å². The van der Waals surface area contributed by atoms with Crippen molar-refractivity contribution >= 4 is 17.4 Å². The van der Waals surface area contributed by atoms with Crippen molar-refractivity contribution in [2.24, 2.45) is 0 Å². The van der Waals surface area contributed by atoms with Crippen molar-refractivity contribution in [2.75, 3.05) is 18.9 Å². The van der Waals surface area contributed by atoms with Crippen molar-refractivity contribution in [2.45, 2.75) is 18.9 Å². The molecule has 0 aromatic carbocycles. The van der Waals surface area contributed by atoms with Gasteiger partial charge in [-0.3, -0.25) is 14.9 Å². The third-order valence-corrected chi connectivity index (χ3v) is 2.86. The lowest BCUT2D eigenvalue weighted by molar-refractivity contribution is -0.385. The number of aromatic nitrogens is 1. The van der Waals surface area contributed by atoms with Gasteiger partial charge in [0.15, 0.2) is 0 Å². The Morgan fingerprint density at radius 3 is 3.05 bits per heavy atom. The minimum atomic E-state index is -0.618. The third-order valence-electron chi connectivity index (χ3n) is 2.86. The summed E-state index contributed by atoms with van der Waals surface area (Å²) in [5, 5.41) is 13.4. The first-order valence-corrected chi connectivity index (χ1v) is 5.86. The summed E-state index contributed by atoms with van der Waals surface area (Å²) in [5.74, 6) is -0.496. The SMILES string of the molecule is Nc1ncc([N+](=O)[O-])cc1C(=O)NC1CCCOC1. The minimum Gasteiger partial charge on any atom is -0.383 e. The smallest absolute Gasteiger partial charge is 0.288 e. The third kappa shape index (κ3) is 3.16. The highest BCUT2D eigenvalue weighted by atomic mass is 16.6. The molecule has 102 valence electrons. The van der Waals surface area contributed by atoms with Crippen LogP contribution in [0.25, 0.3) is 0 Å². The van der Waals surface area contributed by atoms with Crippen molar-refractivity contribution in [3.63, 3.8) is 0 Å². The number of anilines is 1. The number of ether oxygens (including phenoxy) is 1. The molecular weight excluding hydrogens is 252 g/mol. The normalized spacial score (nSPS) is 18.8. The van der Waals surface area contributed by atoms with Crippen LogP contribution in [0, 0.1) is 10.1 Å². The lowest BCUT2D eigenvalue weighted by Crippen LogP contribution is -2.40. The number of nitrogens with one attached hydrogen (secondary N) is 1. The summed E-state index contributed by atoms with van der Waals surface area (Å²) >= 11 is 0. The summed E-state index contributed by atoms with van der Waals surface area (Å²) in [5.41, 5.74) is 5.32. The van der Waals surface area contributed by atoms with E-state index in [0.29, 0.717) is 13.2 Å². The van der Waals surface area contributed by atoms with Crippen LogP contribution in [0.5, 0.6) is 0 Å². The van der Waals surface area contributed by atoms with Gasteiger partial charge in [-0.25, -0.2) is 4.98 Å². The van der Waals surface area contributed by atoms with E-state index < -0.39 is 10.8 Å². The van der Waals surface area contributed by atoms with E-state index in [-0.39, 0.29) is 23.1 Å². The highest BCUT2D eigenvalue weighted by molar-refractivity contribution is 5.99. The number of carbonyl (C=O) groups is 1. The summed E-state index contributed by atoms with van der Waals surface area (Å²) in [6, 6.07) is 1.03. The molecule has 1 atom stereocenters. The van der Waals surface area contributed by atoms with E-state index in [1.54, 1.807) is 0 Å². The number of nitrogen functional groups attached to an aromatic ring is 1. The number of rotatable bonds is 3. The first-order chi connectivity index (χ1) is 9.08. The van der Waals surface area contributed by atoms with Crippen LogP contribution < -0.4 is 11.1 Å². The molecule has 1 fully saturated rings. The second kappa shape index (κ2) is 5.61. The van der Waals surface area contributed by atoms with Gasteiger partial charge in [0.1, 0.15) is 12.0 Å². The monoisotopic (exact) mass is 266 g/mol. The predicted molar refractivity (Wildman–Crippen MR) is 66.6 cm³/mol. The molecule has 1 aromatic heterocycles. The number of nitrogens with two attached hydrogens (primary N) is 1. The molecule has 1 aromatic rings. The van der Waals surface area contributed by atoms with E-state index in [4.69, 9.17) is 10.5 Å². The van der Waals surface area contributed by atoms with E-state index in [1.165, 1.54) is 0 Å². The Morgan fingerprint density at radius 2 is 2.42 bits per heavy atom. The van der Waals surface area contributed by atoms with Crippen molar-refractivity contribution in [3.05, 3.63) is 27.9 Å². The van der Waals surface area contributed by atoms with Gasteiger partial charge in [0, 0.05) is 12.7 Å². The van der Waals surface area contributed by atoms with Crippen molar-refractivity contribution in [1.29, 1.82) is 0 Å². The van der Waals surface area contributed by atoms with Gasteiger partial charge in [0.2, 0.25) is 0 Å². The Balaban J connectivity index is 2.13. The molecule has 1 aliphatic rings. The predicted octanol–water partition coefficient (Wildman–Crippen LogP) is 0.481. The number of carbonyl (C=O) groups excluding carboxylic acids is 1. The van der Waals surface area contributed by atoms with Gasteiger partial charge in [-0.05, 0) is 12.8 Å². The summed E-state index contributed by atoms with van der Waals surface area (Å²) in [7, 11) is 0. The second-order valence-corrected chi connectivity index (χ2v) is 4.27. The zero-order valence-electron chi connectivity index (χ0n) is 10.2. The summed E-state index contributed by atoms with van der Waals surface area (Å²) in [6.07, 6.45) is 2.71. The molecule has 1 amide bonds. The largest absolute Gasteiger partial charge is 0.383 e. The number of hydrogen-bond donors (Lipinski definition) is 2. The zero-order chi connectivity index (χ0) is 13.8. The average molecular weight is 266 g/mol. The quantitative estimate of drug-likeness (QED) is 0.606. The standard InChI is InChI=1S/C11H14N4O4/c12-10-9(4-8(5-13-10)15(17)18)11(16)14-7-2-1-3-19-6-7/h4-5,7H,1-3,6H2,(H2,12,13)(H,14,16). The second-order valence-electron chi connectivity index (χ2n) is 4.27. The highest BCUT2D eigenvalue weighted by Gasteiger charge is 2.21. The first-order valence-electron chi connectivity index (χ1n) is 5.86. The summed E-state index contributed by atoms with van der Waals surface area (Å²) in [6.45, 7) is 1.13. The van der Waals surface area contributed by atoms with Crippen LogP contribution >= 0.6 is 0 Å². The Hall–Kier alpha value is -2.22. The molecule has 2 rings (SSSR count). The molecule has 0 saturated carbocycles. The molecule has 0 aliphatic carbocycles. The number of nitro groups is 1. The average Bonchev–Trinajstić information content (AvgIpc) is 2.40. The Kier molecular flexibility index (Phi) is 3.91. The molecule has 3 N–H and O–H groups in total. The van der Waals surface area contributed by atoms with Gasteiger partial charge < -0.3 is 15.8 Å². The van der Waals surface area contributed by atoms with E-state index in [9.17, 15) is 14.9 Å². The molecule has 1 aliphatic heterocycles. The van der Waals surface area contributed by atoms with Crippen LogP contribution in [0.15, 0.2) is 12.3 Å². The van der Waals surface area contributed by atoms with Gasteiger partial charge in [-0.1, -0.05) is 0 Å². The topological polar surface area (TPSA) is 120 Å². The first kappa shape index (κ1) is 13.2. The van der Waals surface area contributed by atoms with Crippen LogP contribution in [0.2, 0.25) is 0 Å². The molecule has 0 radical (unpaired) electrons. The van der Waals surface area contributed by atoms with E-state index in [1.807, 2.05) is 0 Å². The zero-order valence-corrected chi connectivity index (χ0v) is 10.2. The van der Waals surface area contributed by atoms with Crippen LogP contribution in [-0.4, -0.2) is 35.1 Å². The molecule has 2 heterocycles. The number of nitrogens with zero attached hydrogens (tertiary/aromatic N) is 2. The van der Waals surface area contributed by atoms with Gasteiger partial charge in [-0.15, -0.1) is 0 Å². The van der Waals surface area contributed by atoms with E-state index in [2.05, 4.69) is 10.3 Å². The lowest BCUT2D eigenvalue weighted by atomic mass is 10.1. The van der Waals surface area contributed by atoms with Gasteiger partial charge in [0.05, 0.1) is 23.1 Å². The number of pyridine rings is 1. The van der Waals surface area contributed by atoms with Crippen LogP contribution in [0.1, 0.15) is 23.2 Å². The summed E-state index contributed by atoms with van der Waals surface area (Å²) < 4.78 is 5.24. The molecular formula is C11H14N4O4. The van der Waals surface area contributed by atoms with Crippen molar-refractivity contribution < 1.29 is 14.5 Å². The molecule has 1 saturated heterocycles. The molecule has 1 unspecified atom stereocenters. The van der Waals surface area contributed by atoms with Crippen LogP contribution in [-0.2, 0) is 4.74 Å². The van der Waals surface area contributed by atoms with Crippen molar-refractivity contribution in [3.8, 4) is 0 Å². The Labute approximate surface area is 109 Å². The minimum absolute atomic E-state index is 0.0137. The Bertz CT molecular complexity index is 499. The Morgan fingerprint density at radius 1 is 1.63 bits per heavy atom.